The van der Waals surface area contributed by atoms with Gasteiger partial charge in [-0.05, 0) is 67.8 Å². The maximum atomic E-state index is 12.9. The fraction of sp³-hybridized carbons (Fsp3) is 0.625. The van der Waals surface area contributed by atoms with Gasteiger partial charge in [-0.15, -0.1) is 0 Å². The van der Waals surface area contributed by atoms with E-state index < -0.39 is 11.0 Å². The fourth-order valence-corrected chi connectivity index (χ4v) is 6.41. The number of benzene rings is 1. The van der Waals surface area contributed by atoms with Gasteiger partial charge in [0.2, 0.25) is 0 Å². The van der Waals surface area contributed by atoms with Crippen molar-refractivity contribution in [3.8, 4) is 5.75 Å². The number of fused-ring (bicyclic) bond motifs is 1. The van der Waals surface area contributed by atoms with Crippen LogP contribution in [-0.4, -0.2) is 54.2 Å². The SMILES string of the molecule is COc1ccc2c(c1)[C@]13CCCN(CC4CC4)[C@H](C2)[C@]1(OC(C)=O)CC(=N)C(=O)C3. The standard InChI is InChI=1S/C24H30N2O4/c1-15(27)30-24-12-20(25)21(28)13-23(24)8-3-9-26(14-16-4-5-16)22(24)10-17-6-7-18(29-2)11-19(17)23/h6-7,11,16,22,25H,3-5,8-10,12-14H2,1-2H3/t22-,23-,24-/m1/s1. The molecule has 0 unspecified atom stereocenters. The van der Waals surface area contributed by atoms with Crippen molar-refractivity contribution in [3.05, 3.63) is 29.3 Å². The zero-order valence-corrected chi connectivity index (χ0v) is 17.8. The molecule has 160 valence electrons. The summed E-state index contributed by atoms with van der Waals surface area (Å²) in [6.07, 6.45) is 5.44. The minimum atomic E-state index is -0.880. The maximum absolute atomic E-state index is 12.9. The summed E-state index contributed by atoms with van der Waals surface area (Å²) in [4.78, 5) is 27.9. The lowest BCUT2D eigenvalue weighted by Crippen LogP contribution is -2.71. The van der Waals surface area contributed by atoms with Crippen LogP contribution in [0.4, 0.5) is 0 Å². The van der Waals surface area contributed by atoms with Gasteiger partial charge in [0.1, 0.15) is 11.4 Å². The molecule has 2 bridgehead atoms. The zero-order valence-electron chi connectivity index (χ0n) is 17.8. The number of nitrogens with zero attached hydrogens (tertiary/aromatic N) is 1. The van der Waals surface area contributed by atoms with Gasteiger partial charge in [-0.3, -0.25) is 14.5 Å². The molecule has 3 atom stereocenters. The first kappa shape index (κ1) is 19.7. The average molecular weight is 411 g/mol. The summed E-state index contributed by atoms with van der Waals surface area (Å²) in [5, 5.41) is 8.43. The summed E-state index contributed by atoms with van der Waals surface area (Å²) < 4.78 is 11.8. The Morgan fingerprint density at radius 3 is 2.80 bits per heavy atom. The second-order valence-electron chi connectivity index (χ2n) is 9.61. The lowest BCUT2D eigenvalue weighted by Gasteiger charge is -2.59. The number of carbonyl (C=O) groups is 2. The van der Waals surface area contributed by atoms with Crippen LogP contribution in [0.15, 0.2) is 18.2 Å². The summed E-state index contributed by atoms with van der Waals surface area (Å²) in [6.45, 7) is 3.41. The van der Waals surface area contributed by atoms with Gasteiger partial charge in [0.05, 0.1) is 18.9 Å². The van der Waals surface area contributed by atoms with Crippen molar-refractivity contribution in [3.63, 3.8) is 0 Å². The molecule has 2 saturated carbocycles. The Morgan fingerprint density at radius 2 is 2.10 bits per heavy atom. The molecule has 0 aromatic heterocycles. The highest BCUT2D eigenvalue weighted by Crippen LogP contribution is 2.59. The largest absolute Gasteiger partial charge is 0.497 e. The molecular formula is C24H30N2O4. The molecule has 1 N–H and O–H groups in total. The minimum absolute atomic E-state index is 0.0150. The van der Waals surface area contributed by atoms with Crippen LogP contribution >= 0.6 is 0 Å². The molecule has 0 amide bonds. The number of esters is 1. The summed E-state index contributed by atoms with van der Waals surface area (Å²) >= 11 is 0. The first-order valence-electron chi connectivity index (χ1n) is 11.1. The van der Waals surface area contributed by atoms with E-state index in [0.29, 0.717) is 5.92 Å². The molecule has 3 aliphatic carbocycles. The molecule has 4 aliphatic rings. The van der Waals surface area contributed by atoms with Crippen molar-refractivity contribution >= 4 is 17.5 Å². The lowest BCUT2D eigenvalue weighted by molar-refractivity contribution is -0.183. The van der Waals surface area contributed by atoms with Gasteiger partial charge in [0, 0.05) is 31.7 Å². The van der Waals surface area contributed by atoms with E-state index in [9.17, 15) is 9.59 Å². The first-order chi connectivity index (χ1) is 14.4. The van der Waals surface area contributed by atoms with Crippen LogP contribution in [0.2, 0.25) is 0 Å². The van der Waals surface area contributed by atoms with Crippen molar-refractivity contribution < 1.29 is 19.1 Å². The Hall–Kier alpha value is -2.21. The maximum Gasteiger partial charge on any atom is 0.303 e. The fourth-order valence-electron chi connectivity index (χ4n) is 6.41. The Bertz CT molecular complexity index is 924. The molecule has 1 heterocycles. The van der Waals surface area contributed by atoms with Gasteiger partial charge >= 0.3 is 5.97 Å². The lowest BCUT2D eigenvalue weighted by atomic mass is 9.51. The van der Waals surface area contributed by atoms with Crippen LogP contribution < -0.4 is 4.74 Å². The second-order valence-corrected chi connectivity index (χ2v) is 9.61. The van der Waals surface area contributed by atoms with E-state index in [-0.39, 0.29) is 36.3 Å². The first-order valence-corrected chi connectivity index (χ1v) is 11.1. The topological polar surface area (TPSA) is 79.7 Å². The zero-order chi connectivity index (χ0) is 21.1. The molecule has 1 aromatic rings. The Morgan fingerprint density at radius 1 is 1.30 bits per heavy atom. The third-order valence-corrected chi connectivity index (χ3v) is 7.84. The van der Waals surface area contributed by atoms with Crippen molar-refractivity contribution in [2.45, 2.75) is 68.9 Å². The van der Waals surface area contributed by atoms with Crippen LogP contribution in [-0.2, 0) is 26.2 Å². The number of likely N-dealkylation sites (tertiary alicyclic amines) is 1. The second kappa shape index (κ2) is 6.91. The Kier molecular flexibility index (Phi) is 4.54. The summed E-state index contributed by atoms with van der Waals surface area (Å²) in [7, 11) is 1.65. The number of rotatable bonds is 4. The van der Waals surface area contributed by atoms with Crippen LogP contribution in [0.3, 0.4) is 0 Å². The quantitative estimate of drug-likeness (QED) is 0.772. The highest BCUT2D eigenvalue weighted by molar-refractivity contribution is 6.40. The molecule has 5 rings (SSSR count). The third-order valence-electron chi connectivity index (χ3n) is 7.84. The van der Waals surface area contributed by atoms with Crippen LogP contribution in [0.25, 0.3) is 0 Å². The van der Waals surface area contributed by atoms with E-state index in [1.54, 1.807) is 7.11 Å². The van der Waals surface area contributed by atoms with Crippen molar-refractivity contribution in [1.29, 1.82) is 5.41 Å². The summed E-state index contributed by atoms with van der Waals surface area (Å²) in [5.41, 5.74) is 0.900. The van der Waals surface area contributed by atoms with E-state index in [2.05, 4.69) is 11.0 Å². The number of nitrogens with one attached hydrogen (secondary N) is 1. The summed E-state index contributed by atoms with van der Waals surface area (Å²) in [5.74, 6) is 1.02. The number of carbonyl (C=O) groups excluding carboxylic acids is 2. The van der Waals surface area contributed by atoms with E-state index in [4.69, 9.17) is 14.9 Å². The summed E-state index contributed by atoms with van der Waals surface area (Å²) in [6, 6.07) is 6.13. The number of hydrogen-bond donors (Lipinski definition) is 1. The van der Waals surface area contributed by atoms with Gasteiger partial charge in [-0.1, -0.05) is 6.07 Å². The van der Waals surface area contributed by atoms with Crippen molar-refractivity contribution in [2.24, 2.45) is 5.92 Å². The van der Waals surface area contributed by atoms with Gasteiger partial charge in [-0.2, -0.15) is 0 Å². The van der Waals surface area contributed by atoms with Crippen LogP contribution in [0, 0.1) is 11.3 Å². The average Bonchev–Trinajstić information content (AvgIpc) is 3.52. The number of hydrogen-bond acceptors (Lipinski definition) is 6. The van der Waals surface area contributed by atoms with E-state index in [1.165, 1.54) is 25.3 Å². The van der Waals surface area contributed by atoms with Gasteiger partial charge in [0.15, 0.2) is 5.78 Å². The number of ether oxygens (including phenoxy) is 2. The monoisotopic (exact) mass is 410 g/mol. The van der Waals surface area contributed by atoms with Gasteiger partial charge in [0.25, 0.3) is 0 Å². The predicted octanol–water partition coefficient (Wildman–Crippen LogP) is 3.05. The highest BCUT2D eigenvalue weighted by Gasteiger charge is 2.67. The third kappa shape index (κ3) is 2.83. The molecule has 6 heteroatoms. The molecule has 30 heavy (non-hydrogen) atoms. The van der Waals surface area contributed by atoms with E-state index >= 15 is 0 Å². The smallest absolute Gasteiger partial charge is 0.303 e. The Labute approximate surface area is 177 Å². The molecular weight excluding hydrogens is 380 g/mol. The molecule has 0 radical (unpaired) electrons. The molecule has 6 nitrogen and oxygen atoms in total. The Balaban J connectivity index is 1.74. The van der Waals surface area contributed by atoms with Crippen molar-refractivity contribution in [1.82, 2.24) is 4.90 Å². The van der Waals surface area contributed by atoms with E-state index in [0.717, 1.165) is 43.7 Å². The molecule has 1 aliphatic heterocycles. The molecule has 1 saturated heterocycles. The minimum Gasteiger partial charge on any atom is -0.497 e. The normalized spacial score (nSPS) is 33.3. The van der Waals surface area contributed by atoms with Gasteiger partial charge < -0.3 is 14.9 Å². The van der Waals surface area contributed by atoms with Crippen LogP contribution in [0.1, 0.15) is 56.6 Å². The number of ketones is 1. The number of Topliss-reactive ketones (excluding diaryl/α,β-unsaturated/α-hetero) is 1. The predicted molar refractivity (Wildman–Crippen MR) is 112 cm³/mol. The van der Waals surface area contributed by atoms with E-state index in [1.807, 2.05) is 12.1 Å². The highest BCUT2D eigenvalue weighted by atomic mass is 16.6. The van der Waals surface area contributed by atoms with Crippen molar-refractivity contribution in [2.75, 3.05) is 20.2 Å². The molecule has 0 spiro atoms. The molecule has 1 aromatic carbocycles. The van der Waals surface area contributed by atoms with Gasteiger partial charge in [-0.25, -0.2) is 0 Å². The number of methoxy groups -OCH3 is 1. The van der Waals surface area contributed by atoms with Crippen LogP contribution in [0.5, 0.6) is 5.75 Å². The molecule has 3 fully saturated rings.